The van der Waals surface area contributed by atoms with Gasteiger partial charge in [-0.3, -0.25) is 14.5 Å². The molecule has 0 radical (unpaired) electrons. The molecular formula is C15H21NO4. The molecule has 1 N–H and O–H groups in total. The molecule has 1 amide bonds. The number of carboxylic acid groups (broad SMARTS) is 1. The van der Waals surface area contributed by atoms with Crippen LogP contribution in [0.5, 0.6) is 0 Å². The molecule has 0 aromatic heterocycles. The number of carbonyl (C=O) groups is 2. The molecule has 0 spiro atoms. The second-order valence-electron chi connectivity index (χ2n) is 4.47. The SMILES string of the molecule is CCCCCOCC(=O)N(CC(=O)O)c1ccccc1. The number of amides is 1. The minimum Gasteiger partial charge on any atom is -0.480 e. The van der Waals surface area contributed by atoms with Gasteiger partial charge >= 0.3 is 5.97 Å². The van der Waals surface area contributed by atoms with Gasteiger partial charge in [-0.2, -0.15) is 0 Å². The van der Waals surface area contributed by atoms with Crippen molar-refractivity contribution in [3.8, 4) is 0 Å². The molecule has 1 rings (SSSR count). The van der Waals surface area contributed by atoms with E-state index < -0.39 is 5.97 Å². The molecule has 1 aromatic carbocycles. The number of ether oxygens (including phenoxy) is 1. The van der Waals surface area contributed by atoms with E-state index in [1.165, 1.54) is 4.90 Å². The quantitative estimate of drug-likeness (QED) is 0.704. The highest BCUT2D eigenvalue weighted by molar-refractivity contribution is 5.98. The van der Waals surface area contributed by atoms with Crippen LogP contribution in [-0.4, -0.2) is 36.7 Å². The number of nitrogens with zero attached hydrogens (tertiary/aromatic N) is 1. The van der Waals surface area contributed by atoms with E-state index in [1.807, 2.05) is 6.07 Å². The largest absolute Gasteiger partial charge is 0.480 e. The molecule has 0 fully saturated rings. The van der Waals surface area contributed by atoms with E-state index >= 15 is 0 Å². The summed E-state index contributed by atoms with van der Waals surface area (Å²) in [6.45, 7) is 2.16. The van der Waals surface area contributed by atoms with Crippen molar-refractivity contribution in [2.45, 2.75) is 26.2 Å². The van der Waals surface area contributed by atoms with Crippen LogP contribution < -0.4 is 4.90 Å². The van der Waals surface area contributed by atoms with E-state index in [0.29, 0.717) is 12.3 Å². The van der Waals surface area contributed by atoms with Gasteiger partial charge in [0.2, 0.25) is 0 Å². The van der Waals surface area contributed by atoms with Crippen LogP contribution in [0.2, 0.25) is 0 Å². The Morgan fingerprint density at radius 3 is 2.50 bits per heavy atom. The molecule has 5 heteroatoms. The van der Waals surface area contributed by atoms with E-state index in [-0.39, 0.29) is 19.1 Å². The first-order valence-corrected chi connectivity index (χ1v) is 6.80. The molecular weight excluding hydrogens is 258 g/mol. The van der Waals surface area contributed by atoms with Crippen molar-refractivity contribution in [3.63, 3.8) is 0 Å². The number of anilines is 1. The lowest BCUT2D eigenvalue weighted by atomic mass is 10.2. The highest BCUT2D eigenvalue weighted by Gasteiger charge is 2.18. The number of para-hydroxylation sites is 1. The van der Waals surface area contributed by atoms with Crippen LogP contribution in [0.3, 0.4) is 0 Å². The Morgan fingerprint density at radius 2 is 1.90 bits per heavy atom. The molecule has 0 bridgehead atoms. The zero-order valence-electron chi connectivity index (χ0n) is 11.7. The van der Waals surface area contributed by atoms with Crippen LogP contribution in [0.4, 0.5) is 5.69 Å². The number of hydrogen-bond donors (Lipinski definition) is 1. The number of carbonyl (C=O) groups excluding carboxylic acids is 1. The monoisotopic (exact) mass is 279 g/mol. The molecule has 1 aromatic rings. The van der Waals surface area contributed by atoms with Crippen molar-refractivity contribution in [1.82, 2.24) is 0 Å². The zero-order chi connectivity index (χ0) is 14.8. The average molecular weight is 279 g/mol. The third kappa shape index (κ3) is 5.84. The van der Waals surface area contributed by atoms with Gasteiger partial charge in [0, 0.05) is 12.3 Å². The van der Waals surface area contributed by atoms with E-state index in [2.05, 4.69) is 6.92 Å². The van der Waals surface area contributed by atoms with E-state index in [9.17, 15) is 9.59 Å². The van der Waals surface area contributed by atoms with E-state index in [1.54, 1.807) is 24.3 Å². The first-order valence-electron chi connectivity index (χ1n) is 6.80. The Hall–Kier alpha value is -1.88. The fourth-order valence-electron chi connectivity index (χ4n) is 1.76. The van der Waals surface area contributed by atoms with Crippen molar-refractivity contribution in [2.75, 3.05) is 24.7 Å². The Labute approximate surface area is 119 Å². The Bertz CT molecular complexity index is 419. The van der Waals surface area contributed by atoms with Crippen molar-refractivity contribution in [2.24, 2.45) is 0 Å². The molecule has 0 unspecified atom stereocenters. The molecule has 5 nitrogen and oxygen atoms in total. The van der Waals surface area contributed by atoms with Gasteiger partial charge in [0.15, 0.2) is 0 Å². The standard InChI is InChI=1S/C15H21NO4/c1-2-3-7-10-20-12-14(17)16(11-15(18)19)13-8-5-4-6-9-13/h4-6,8-9H,2-3,7,10-12H2,1H3,(H,18,19). The van der Waals surface area contributed by atoms with Crippen LogP contribution in [-0.2, 0) is 14.3 Å². The number of hydrogen-bond acceptors (Lipinski definition) is 3. The predicted octanol–water partition coefficient (Wildman–Crippen LogP) is 2.31. The van der Waals surface area contributed by atoms with Crippen LogP contribution in [0.15, 0.2) is 30.3 Å². The summed E-state index contributed by atoms with van der Waals surface area (Å²) in [5, 5.41) is 8.90. The molecule has 0 aliphatic rings. The molecule has 0 heterocycles. The van der Waals surface area contributed by atoms with Gasteiger partial charge in [-0.15, -0.1) is 0 Å². The van der Waals surface area contributed by atoms with Crippen LogP contribution in [0.25, 0.3) is 0 Å². The zero-order valence-corrected chi connectivity index (χ0v) is 11.7. The smallest absolute Gasteiger partial charge is 0.323 e. The average Bonchev–Trinajstić information content (AvgIpc) is 2.45. The third-order valence-corrected chi connectivity index (χ3v) is 2.78. The molecule has 0 aliphatic carbocycles. The number of unbranched alkanes of at least 4 members (excludes halogenated alkanes) is 2. The number of aliphatic carboxylic acids is 1. The van der Waals surface area contributed by atoms with Gasteiger partial charge in [-0.25, -0.2) is 0 Å². The molecule has 110 valence electrons. The van der Waals surface area contributed by atoms with E-state index in [0.717, 1.165) is 19.3 Å². The van der Waals surface area contributed by atoms with Gasteiger partial charge in [-0.1, -0.05) is 38.0 Å². The molecule has 0 atom stereocenters. The Kier molecular flexibility index (Phi) is 7.35. The lowest BCUT2D eigenvalue weighted by molar-refractivity contribution is -0.137. The van der Waals surface area contributed by atoms with Crippen molar-refractivity contribution in [1.29, 1.82) is 0 Å². The molecule has 0 saturated carbocycles. The Morgan fingerprint density at radius 1 is 1.20 bits per heavy atom. The van der Waals surface area contributed by atoms with Gasteiger partial charge in [-0.05, 0) is 18.6 Å². The second kappa shape index (κ2) is 9.09. The fraction of sp³-hybridized carbons (Fsp3) is 0.467. The third-order valence-electron chi connectivity index (χ3n) is 2.78. The lowest BCUT2D eigenvalue weighted by Crippen LogP contribution is -2.38. The summed E-state index contributed by atoms with van der Waals surface area (Å²) < 4.78 is 5.30. The fourth-order valence-corrected chi connectivity index (χ4v) is 1.76. The summed E-state index contributed by atoms with van der Waals surface area (Å²) in [7, 11) is 0. The van der Waals surface area contributed by atoms with Gasteiger partial charge < -0.3 is 9.84 Å². The first kappa shape index (κ1) is 16.2. The summed E-state index contributed by atoms with van der Waals surface area (Å²) >= 11 is 0. The maximum absolute atomic E-state index is 12.0. The van der Waals surface area contributed by atoms with Crippen molar-refractivity contribution < 1.29 is 19.4 Å². The van der Waals surface area contributed by atoms with E-state index in [4.69, 9.17) is 9.84 Å². The van der Waals surface area contributed by atoms with Gasteiger partial charge in [0.25, 0.3) is 5.91 Å². The summed E-state index contributed by atoms with van der Waals surface area (Å²) in [5.74, 6) is -1.39. The summed E-state index contributed by atoms with van der Waals surface area (Å²) in [5.41, 5.74) is 0.567. The highest BCUT2D eigenvalue weighted by atomic mass is 16.5. The second-order valence-corrected chi connectivity index (χ2v) is 4.47. The lowest BCUT2D eigenvalue weighted by Gasteiger charge is -2.20. The summed E-state index contributed by atoms with van der Waals surface area (Å²) in [4.78, 5) is 24.1. The summed E-state index contributed by atoms with van der Waals surface area (Å²) in [6.07, 6.45) is 3.06. The van der Waals surface area contributed by atoms with Crippen LogP contribution in [0, 0.1) is 0 Å². The van der Waals surface area contributed by atoms with Crippen molar-refractivity contribution in [3.05, 3.63) is 30.3 Å². The van der Waals surface area contributed by atoms with Gasteiger partial charge in [0.05, 0.1) is 0 Å². The predicted molar refractivity (Wildman–Crippen MR) is 76.8 cm³/mol. The van der Waals surface area contributed by atoms with Crippen LogP contribution in [0.1, 0.15) is 26.2 Å². The summed E-state index contributed by atoms with van der Waals surface area (Å²) in [6, 6.07) is 8.75. The van der Waals surface area contributed by atoms with Crippen LogP contribution >= 0.6 is 0 Å². The number of rotatable bonds is 9. The maximum Gasteiger partial charge on any atom is 0.323 e. The minimum absolute atomic E-state index is 0.0914. The normalized spacial score (nSPS) is 10.2. The molecule has 0 saturated heterocycles. The highest BCUT2D eigenvalue weighted by Crippen LogP contribution is 2.13. The topological polar surface area (TPSA) is 66.8 Å². The molecule has 0 aliphatic heterocycles. The molecule has 20 heavy (non-hydrogen) atoms. The number of carboxylic acids is 1. The minimum atomic E-state index is -1.05. The first-order chi connectivity index (χ1) is 9.65. The van der Waals surface area contributed by atoms with Gasteiger partial charge in [0.1, 0.15) is 13.2 Å². The maximum atomic E-state index is 12.0. The van der Waals surface area contributed by atoms with Crippen molar-refractivity contribution >= 4 is 17.6 Å². The number of benzene rings is 1. The Balaban J connectivity index is 2.55.